The van der Waals surface area contributed by atoms with Crippen molar-refractivity contribution in [2.45, 2.75) is 45.1 Å². The van der Waals surface area contributed by atoms with E-state index < -0.39 is 5.97 Å². The fourth-order valence-corrected chi connectivity index (χ4v) is 2.54. The third-order valence-corrected chi connectivity index (χ3v) is 3.77. The molecule has 1 aliphatic carbocycles. The number of hydrogen-bond acceptors (Lipinski definition) is 4. The molecular formula is C15H22N2O3. The number of aliphatic hydroxyl groups excluding tert-OH is 1. The quantitative estimate of drug-likeness (QED) is 0.770. The monoisotopic (exact) mass is 278 g/mol. The maximum absolute atomic E-state index is 11.1. The summed E-state index contributed by atoms with van der Waals surface area (Å²) in [4.78, 5) is 15.6. The molecule has 2 atom stereocenters. The van der Waals surface area contributed by atoms with Crippen LogP contribution in [0.2, 0.25) is 0 Å². The lowest BCUT2D eigenvalue weighted by Gasteiger charge is -2.14. The highest BCUT2D eigenvalue weighted by Crippen LogP contribution is 2.26. The molecule has 0 radical (unpaired) electrons. The number of aliphatic hydroxyl groups is 1. The highest BCUT2D eigenvalue weighted by molar-refractivity contribution is 5.88. The number of nitrogens with one attached hydrogen (secondary N) is 1. The van der Waals surface area contributed by atoms with Crippen LogP contribution in [0.3, 0.4) is 0 Å². The van der Waals surface area contributed by atoms with E-state index in [0.717, 1.165) is 31.5 Å². The minimum atomic E-state index is -0.936. The summed E-state index contributed by atoms with van der Waals surface area (Å²) >= 11 is 0. The van der Waals surface area contributed by atoms with Gasteiger partial charge in [-0.1, -0.05) is 13.8 Å². The predicted octanol–water partition coefficient (Wildman–Crippen LogP) is 2.48. The van der Waals surface area contributed by atoms with Crippen molar-refractivity contribution in [1.82, 2.24) is 4.98 Å². The van der Waals surface area contributed by atoms with Crippen molar-refractivity contribution < 1.29 is 15.0 Å². The molecule has 20 heavy (non-hydrogen) atoms. The van der Waals surface area contributed by atoms with Gasteiger partial charge >= 0.3 is 5.97 Å². The topological polar surface area (TPSA) is 82.5 Å². The number of carboxylic acids is 1. The molecule has 5 heteroatoms. The van der Waals surface area contributed by atoms with Crippen molar-refractivity contribution in [3.63, 3.8) is 0 Å². The lowest BCUT2D eigenvalue weighted by molar-refractivity contribution is 0.0696. The minimum absolute atomic E-state index is 0.183. The third-order valence-electron chi connectivity index (χ3n) is 3.77. The first-order valence-corrected chi connectivity index (χ1v) is 7.13. The van der Waals surface area contributed by atoms with Crippen molar-refractivity contribution >= 4 is 11.8 Å². The van der Waals surface area contributed by atoms with Crippen LogP contribution in [-0.4, -0.2) is 33.8 Å². The molecule has 2 rings (SSSR count). The van der Waals surface area contributed by atoms with E-state index in [1.54, 1.807) is 12.1 Å². The first kappa shape index (κ1) is 14.8. The standard InChI is InChI=1S/C15H22N2O3/c1-9(2)13-6-11(15(19)20)7-14(17-13)16-8-10-3-4-12(18)5-10/h6-7,9-10,12,18H,3-5,8H2,1-2H3,(H,16,17)(H,19,20). The highest BCUT2D eigenvalue weighted by atomic mass is 16.4. The van der Waals surface area contributed by atoms with E-state index in [1.165, 1.54) is 0 Å². The SMILES string of the molecule is CC(C)c1cc(C(=O)O)cc(NCC2CCC(O)C2)n1. The normalized spacial score (nSPS) is 22.2. The number of hydrogen-bond donors (Lipinski definition) is 3. The van der Waals surface area contributed by atoms with Crippen LogP contribution in [0.15, 0.2) is 12.1 Å². The van der Waals surface area contributed by atoms with Gasteiger partial charge in [-0.15, -0.1) is 0 Å². The average molecular weight is 278 g/mol. The molecule has 1 saturated carbocycles. The van der Waals surface area contributed by atoms with Crippen molar-refractivity contribution in [2.75, 3.05) is 11.9 Å². The maximum Gasteiger partial charge on any atom is 0.335 e. The van der Waals surface area contributed by atoms with Crippen LogP contribution in [0.4, 0.5) is 5.82 Å². The van der Waals surface area contributed by atoms with Crippen molar-refractivity contribution in [2.24, 2.45) is 5.92 Å². The van der Waals surface area contributed by atoms with Crippen LogP contribution in [-0.2, 0) is 0 Å². The zero-order chi connectivity index (χ0) is 14.7. The second kappa shape index (κ2) is 6.22. The van der Waals surface area contributed by atoms with Gasteiger partial charge in [-0.2, -0.15) is 0 Å². The van der Waals surface area contributed by atoms with E-state index in [0.29, 0.717) is 11.7 Å². The van der Waals surface area contributed by atoms with E-state index in [9.17, 15) is 9.90 Å². The average Bonchev–Trinajstić information content (AvgIpc) is 2.81. The van der Waals surface area contributed by atoms with E-state index in [1.807, 2.05) is 13.8 Å². The van der Waals surface area contributed by atoms with Gasteiger partial charge in [-0.3, -0.25) is 0 Å². The van der Waals surface area contributed by atoms with Gasteiger partial charge in [0, 0.05) is 12.2 Å². The highest BCUT2D eigenvalue weighted by Gasteiger charge is 2.22. The summed E-state index contributed by atoms with van der Waals surface area (Å²) in [7, 11) is 0. The van der Waals surface area contributed by atoms with Crippen LogP contribution in [0.1, 0.15) is 55.1 Å². The number of aromatic nitrogens is 1. The van der Waals surface area contributed by atoms with Crippen LogP contribution in [0.5, 0.6) is 0 Å². The molecule has 0 amide bonds. The van der Waals surface area contributed by atoms with Crippen molar-refractivity contribution in [3.05, 3.63) is 23.4 Å². The smallest absolute Gasteiger partial charge is 0.335 e. The molecule has 110 valence electrons. The zero-order valence-electron chi connectivity index (χ0n) is 12.0. The largest absolute Gasteiger partial charge is 0.478 e. The Kier molecular flexibility index (Phi) is 4.60. The van der Waals surface area contributed by atoms with Crippen LogP contribution in [0, 0.1) is 5.92 Å². The number of nitrogens with zero attached hydrogens (tertiary/aromatic N) is 1. The van der Waals surface area contributed by atoms with Crippen LogP contribution in [0.25, 0.3) is 0 Å². The van der Waals surface area contributed by atoms with Gasteiger partial charge in [0.2, 0.25) is 0 Å². The van der Waals surface area contributed by atoms with Gasteiger partial charge in [-0.25, -0.2) is 9.78 Å². The summed E-state index contributed by atoms with van der Waals surface area (Å²) in [5, 5.41) is 21.9. The van der Waals surface area contributed by atoms with Gasteiger partial charge in [0.25, 0.3) is 0 Å². The van der Waals surface area contributed by atoms with E-state index in [2.05, 4.69) is 10.3 Å². The molecule has 0 aromatic carbocycles. The van der Waals surface area contributed by atoms with Gasteiger partial charge in [0.15, 0.2) is 0 Å². The van der Waals surface area contributed by atoms with E-state index in [4.69, 9.17) is 5.11 Å². The van der Waals surface area contributed by atoms with Gasteiger partial charge < -0.3 is 15.5 Å². The number of aromatic carboxylic acids is 1. The van der Waals surface area contributed by atoms with E-state index in [-0.39, 0.29) is 17.6 Å². The molecule has 1 aromatic rings. The molecule has 3 N–H and O–H groups in total. The Labute approximate surface area is 119 Å². The third kappa shape index (κ3) is 3.70. The molecule has 0 saturated heterocycles. The Morgan fingerprint density at radius 3 is 2.75 bits per heavy atom. The number of anilines is 1. The number of rotatable bonds is 5. The first-order valence-electron chi connectivity index (χ1n) is 7.13. The summed E-state index contributed by atoms with van der Waals surface area (Å²) < 4.78 is 0. The molecule has 0 bridgehead atoms. The molecule has 1 fully saturated rings. The lowest BCUT2D eigenvalue weighted by Crippen LogP contribution is -2.14. The summed E-state index contributed by atoms with van der Waals surface area (Å²) in [5.41, 5.74) is 1.04. The molecular weight excluding hydrogens is 256 g/mol. The minimum Gasteiger partial charge on any atom is -0.478 e. The van der Waals surface area contributed by atoms with Gasteiger partial charge in [0.05, 0.1) is 11.7 Å². The Bertz CT molecular complexity index is 488. The zero-order valence-corrected chi connectivity index (χ0v) is 12.0. The Morgan fingerprint density at radius 2 is 2.20 bits per heavy atom. The molecule has 0 spiro atoms. The Morgan fingerprint density at radius 1 is 1.45 bits per heavy atom. The molecule has 1 aromatic heterocycles. The number of carbonyl (C=O) groups is 1. The number of pyridine rings is 1. The van der Waals surface area contributed by atoms with Crippen molar-refractivity contribution in [1.29, 1.82) is 0 Å². The molecule has 1 aliphatic rings. The second-order valence-corrected chi connectivity index (χ2v) is 5.84. The fraction of sp³-hybridized carbons (Fsp3) is 0.600. The summed E-state index contributed by atoms with van der Waals surface area (Å²) in [6, 6.07) is 3.19. The van der Waals surface area contributed by atoms with Gasteiger partial charge in [-0.05, 0) is 43.2 Å². The van der Waals surface area contributed by atoms with Crippen molar-refractivity contribution in [3.8, 4) is 0 Å². The predicted molar refractivity (Wildman–Crippen MR) is 77.1 cm³/mol. The molecule has 0 aliphatic heterocycles. The Balaban J connectivity index is 2.08. The number of carboxylic acid groups (broad SMARTS) is 1. The van der Waals surface area contributed by atoms with Gasteiger partial charge in [0.1, 0.15) is 5.82 Å². The summed E-state index contributed by atoms with van der Waals surface area (Å²) in [6.45, 7) is 4.71. The fourth-order valence-electron chi connectivity index (χ4n) is 2.54. The van der Waals surface area contributed by atoms with Crippen LogP contribution >= 0.6 is 0 Å². The molecule has 1 heterocycles. The van der Waals surface area contributed by atoms with E-state index >= 15 is 0 Å². The molecule has 5 nitrogen and oxygen atoms in total. The summed E-state index contributed by atoms with van der Waals surface area (Å²) in [5.74, 6) is 0.287. The summed E-state index contributed by atoms with van der Waals surface area (Å²) in [6.07, 6.45) is 2.48. The Hall–Kier alpha value is -1.62. The van der Waals surface area contributed by atoms with Crippen LogP contribution < -0.4 is 5.32 Å². The maximum atomic E-state index is 11.1. The second-order valence-electron chi connectivity index (χ2n) is 5.84. The first-order chi connectivity index (χ1) is 9.45. The lowest BCUT2D eigenvalue weighted by atomic mass is 10.1. The molecule has 2 unspecified atom stereocenters.